The number of hydrogen-bond donors (Lipinski definition) is 0. The van der Waals surface area contributed by atoms with Gasteiger partial charge in [0.2, 0.25) is 0 Å². The van der Waals surface area contributed by atoms with Gasteiger partial charge in [-0.3, -0.25) is 4.99 Å². The molecule has 0 bridgehead atoms. The fourth-order valence-electron chi connectivity index (χ4n) is 6.81. The monoisotopic (exact) mass is 1460 g/mol. The predicted molar refractivity (Wildman–Crippen MR) is 222 cm³/mol. The van der Waals surface area contributed by atoms with E-state index in [-0.39, 0.29) is 35.5 Å². The van der Waals surface area contributed by atoms with Gasteiger partial charge < -0.3 is 9.47 Å². The summed E-state index contributed by atoms with van der Waals surface area (Å²) in [5.41, 5.74) is -8.00. The highest BCUT2D eigenvalue weighted by molar-refractivity contribution is 5.92. The molecule has 5 nitrogen and oxygen atoms in total. The van der Waals surface area contributed by atoms with Gasteiger partial charge >= 0.3 is 131 Å². The number of hydrogen-bond acceptors (Lipinski definition) is 5. The summed E-state index contributed by atoms with van der Waals surface area (Å²) in [4.78, 5) is 29.0. The molecular formula is C47H17F42NO4. The average Bonchev–Trinajstić information content (AvgIpc) is 0.693. The number of alkyl halides is 42. The maximum atomic E-state index is 14.8. The van der Waals surface area contributed by atoms with Gasteiger partial charge in [0.25, 0.3) is 0 Å². The quantitative estimate of drug-likeness (QED) is 0.0303. The van der Waals surface area contributed by atoms with E-state index in [0.29, 0.717) is 0 Å². The molecule has 0 N–H and O–H groups in total. The average molecular weight is 1460 g/mol. The van der Waals surface area contributed by atoms with Gasteiger partial charge in [0, 0.05) is 17.3 Å². The third-order valence-corrected chi connectivity index (χ3v) is 12.5. The zero-order valence-electron chi connectivity index (χ0n) is 42.8. The summed E-state index contributed by atoms with van der Waals surface area (Å²) < 4.78 is 589. The molecule has 4 rings (SSSR count). The normalized spacial score (nSPS) is 15.4. The van der Waals surface area contributed by atoms with Gasteiger partial charge in [-0.1, -0.05) is 24.3 Å². The molecule has 0 atom stereocenters. The van der Waals surface area contributed by atoms with E-state index in [1.165, 1.54) is 0 Å². The van der Waals surface area contributed by atoms with Crippen LogP contribution in [0.3, 0.4) is 0 Å². The van der Waals surface area contributed by atoms with Crippen molar-refractivity contribution in [3.63, 3.8) is 0 Å². The van der Waals surface area contributed by atoms with Crippen LogP contribution in [0.4, 0.5) is 190 Å². The van der Waals surface area contributed by atoms with E-state index in [0.717, 1.165) is 54.7 Å². The Morgan fingerprint density at radius 2 is 0.457 bits per heavy atom. The first-order valence-corrected chi connectivity index (χ1v) is 22.7. The molecule has 528 valence electrons. The van der Waals surface area contributed by atoms with Crippen molar-refractivity contribution in [1.29, 1.82) is 0 Å². The topological polar surface area (TPSA) is 65.0 Å². The molecule has 47 heteroatoms. The zero-order chi connectivity index (χ0) is 73.9. The SMILES string of the molecule is O=C(Oc1ccc(C=Nc2ccc(OC(=O)c3ccc(C(F)(F)C(F)(F)C(F)(F)C(F)(F)C(F)(F)C(F)(F)C(F)(F)C(F)(F)C(F)(F)C(F)(F)F)cc3)cc2)cc1)c1ccc(C(F)(F)C(F)(F)C(F)(F)C(F)(F)C(F)(F)C(F)(F)C(F)(F)C(F)(F)C(F)(F)C(F)(F)F)cc1. The van der Waals surface area contributed by atoms with Crippen LogP contribution in [-0.2, 0) is 11.8 Å². The highest BCUT2D eigenvalue weighted by Crippen LogP contribution is 2.69. The minimum Gasteiger partial charge on any atom is -0.423 e. The first-order valence-electron chi connectivity index (χ1n) is 22.7. The Morgan fingerprint density at radius 1 is 0.255 bits per heavy atom. The first-order chi connectivity index (χ1) is 41.4. The standard InChI is InChI=1S/C47H17F42NO4/c48-28(49,30(52,53)32(56,57)34(60,61)36(64,65)38(68,69)40(72,73)42(76,77)44(80,81)46(84,85)86)21-7-3-19(4-8-21)26(91)93-24-13-1-18(2-14-24)17-90-23-11-15-25(16-12-23)94-27(92)20-5-9-22(10-6-20)29(50,51)31(54,55)33(58,59)35(62,63)37(66,67)39(70,71)41(74,75)43(78,79)45(82,83)47(87,88)89/h1-17H. The first kappa shape index (κ1) is 79.0. The van der Waals surface area contributed by atoms with E-state index in [2.05, 4.69) is 4.99 Å². The Labute approximate surface area is 487 Å². The Kier molecular flexibility index (Phi) is 19.5. The lowest BCUT2D eigenvalue weighted by atomic mass is 9.85. The molecule has 0 aliphatic carbocycles. The molecule has 0 amide bonds. The van der Waals surface area contributed by atoms with E-state index in [9.17, 15) is 194 Å². The third kappa shape index (κ3) is 11.4. The van der Waals surface area contributed by atoms with Crippen LogP contribution in [0, 0.1) is 0 Å². The van der Waals surface area contributed by atoms with E-state index >= 15 is 0 Å². The molecule has 0 heterocycles. The molecule has 4 aromatic carbocycles. The van der Waals surface area contributed by atoms with Gasteiger partial charge in [0.1, 0.15) is 11.5 Å². The van der Waals surface area contributed by atoms with Crippen LogP contribution in [-0.4, -0.2) is 125 Å². The molecule has 0 radical (unpaired) electrons. The Bertz CT molecular complexity index is 3190. The van der Waals surface area contributed by atoms with Crippen LogP contribution < -0.4 is 9.47 Å². The summed E-state index contributed by atoms with van der Waals surface area (Å²) in [5, 5.41) is 0. The summed E-state index contributed by atoms with van der Waals surface area (Å²) in [7, 11) is 0. The molecular weight excluding hydrogens is 1440 g/mol. The molecule has 0 saturated heterocycles. The molecule has 0 saturated carbocycles. The van der Waals surface area contributed by atoms with Crippen LogP contribution in [0.25, 0.3) is 0 Å². The van der Waals surface area contributed by atoms with Gasteiger partial charge in [-0.25, -0.2) is 9.59 Å². The van der Waals surface area contributed by atoms with Crippen LogP contribution in [0.2, 0.25) is 0 Å². The molecule has 0 fully saturated rings. The third-order valence-electron chi connectivity index (χ3n) is 12.5. The number of nitrogens with zero attached hydrogens (tertiary/aromatic N) is 1. The van der Waals surface area contributed by atoms with Crippen LogP contribution in [0.5, 0.6) is 11.5 Å². The van der Waals surface area contributed by atoms with Crippen molar-refractivity contribution in [2.24, 2.45) is 4.99 Å². The van der Waals surface area contributed by atoms with Crippen LogP contribution in [0.15, 0.2) is 102 Å². The van der Waals surface area contributed by atoms with Gasteiger partial charge in [0.15, 0.2) is 0 Å². The number of carbonyl (C=O) groups excluding carboxylic acids is 2. The van der Waals surface area contributed by atoms with E-state index in [1.54, 1.807) is 0 Å². The van der Waals surface area contributed by atoms with Crippen molar-refractivity contribution in [3.05, 3.63) is 125 Å². The number of carbonyl (C=O) groups is 2. The minimum atomic E-state index is -9.40. The second-order valence-electron chi connectivity index (χ2n) is 18.6. The highest BCUT2D eigenvalue weighted by atomic mass is 19.5. The summed E-state index contributed by atoms with van der Waals surface area (Å²) in [6, 6.07) is 4.27. The van der Waals surface area contributed by atoms with Crippen molar-refractivity contribution in [2.45, 2.75) is 119 Å². The molecule has 4 aromatic rings. The van der Waals surface area contributed by atoms with E-state index in [1.807, 2.05) is 0 Å². The lowest BCUT2D eigenvalue weighted by molar-refractivity contribution is -0.474. The second kappa shape index (κ2) is 23.1. The molecule has 0 unspecified atom stereocenters. The summed E-state index contributed by atoms with van der Waals surface area (Å²) >= 11 is 0. The van der Waals surface area contributed by atoms with Gasteiger partial charge in [-0.15, -0.1) is 0 Å². The number of esters is 2. The zero-order valence-corrected chi connectivity index (χ0v) is 42.8. The van der Waals surface area contributed by atoms with Crippen molar-refractivity contribution < 1.29 is 203 Å². The fourth-order valence-corrected chi connectivity index (χ4v) is 6.81. The largest absolute Gasteiger partial charge is 0.460 e. The van der Waals surface area contributed by atoms with Crippen LogP contribution in [0.1, 0.15) is 37.4 Å². The van der Waals surface area contributed by atoms with E-state index in [4.69, 9.17) is 9.47 Å². The molecule has 0 aliphatic rings. The number of benzene rings is 4. The lowest BCUT2D eigenvalue weighted by Gasteiger charge is -2.44. The van der Waals surface area contributed by atoms with Crippen LogP contribution >= 0.6 is 0 Å². The van der Waals surface area contributed by atoms with Crippen molar-refractivity contribution in [2.75, 3.05) is 0 Å². The minimum absolute atomic E-state index is 0.00458. The van der Waals surface area contributed by atoms with Gasteiger partial charge in [0.05, 0.1) is 16.8 Å². The fraction of sp³-hybridized carbons (Fsp3) is 0.426. The Hall–Kier alpha value is -7.45. The number of rotatable bonds is 24. The smallest absolute Gasteiger partial charge is 0.423 e. The number of aliphatic imine (C=N–C) groups is 1. The molecule has 0 spiro atoms. The van der Waals surface area contributed by atoms with E-state index < -0.39 is 189 Å². The van der Waals surface area contributed by atoms with Crippen molar-refractivity contribution in [1.82, 2.24) is 0 Å². The number of halogens is 42. The maximum Gasteiger partial charge on any atom is 0.460 e. The summed E-state index contributed by atoms with van der Waals surface area (Å²) in [6.45, 7) is 0. The number of ether oxygens (including phenoxy) is 2. The second-order valence-corrected chi connectivity index (χ2v) is 18.6. The predicted octanol–water partition coefficient (Wildman–Crippen LogP) is 19.3. The van der Waals surface area contributed by atoms with Crippen molar-refractivity contribution in [3.8, 4) is 11.5 Å². The van der Waals surface area contributed by atoms with Gasteiger partial charge in [-0.2, -0.15) is 184 Å². The highest BCUT2D eigenvalue weighted by Gasteiger charge is 3.00. The molecule has 0 aliphatic heterocycles. The maximum absolute atomic E-state index is 14.8. The lowest BCUT2D eigenvalue weighted by Crippen LogP contribution is -2.76. The van der Waals surface area contributed by atoms with Crippen molar-refractivity contribution >= 4 is 23.8 Å². The summed E-state index contributed by atoms with van der Waals surface area (Å²) in [5.74, 6) is -164. The molecule has 94 heavy (non-hydrogen) atoms. The van der Waals surface area contributed by atoms with Gasteiger partial charge in [-0.05, 0) is 78.4 Å². The summed E-state index contributed by atoms with van der Waals surface area (Å²) in [6.07, 6.45) is -15.4. The molecule has 0 aromatic heterocycles. The Morgan fingerprint density at radius 3 is 0.681 bits per heavy atom. The Balaban J connectivity index is 1.45.